The van der Waals surface area contributed by atoms with E-state index in [0.29, 0.717) is 0 Å². The van der Waals surface area contributed by atoms with E-state index in [1.54, 1.807) is 0 Å². The molecular weight excluding hydrogens is 206 g/mol. The first-order valence-electron chi connectivity index (χ1n) is 5.11. The van der Waals surface area contributed by atoms with Crippen LogP contribution in [0.25, 0.3) is 0 Å². The minimum atomic E-state index is 0. The first kappa shape index (κ1) is 14.2. The predicted octanol–water partition coefficient (Wildman–Crippen LogP) is -0.504. The lowest BCUT2D eigenvalue weighted by molar-refractivity contribution is -0.884. The second-order valence-electron chi connectivity index (χ2n) is 4.37. The van der Waals surface area contributed by atoms with Crippen molar-refractivity contribution in [3.05, 3.63) is 48.6 Å². The maximum absolute atomic E-state index is 3.79. The van der Waals surface area contributed by atoms with Crippen LogP contribution in [0.1, 0.15) is 5.56 Å². The van der Waals surface area contributed by atoms with Crippen LogP contribution in [-0.2, 0) is 6.42 Å². The number of halogens is 1. The summed E-state index contributed by atoms with van der Waals surface area (Å²) >= 11 is 0. The van der Waals surface area contributed by atoms with Crippen LogP contribution < -0.4 is 12.4 Å². The number of hydrogen-bond acceptors (Lipinski definition) is 0. The largest absolute Gasteiger partial charge is 1.00 e. The van der Waals surface area contributed by atoms with Crippen LogP contribution in [0.3, 0.4) is 0 Å². The van der Waals surface area contributed by atoms with Crippen molar-refractivity contribution in [2.24, 2.45) is 0 Å². The number of benzene rings is 1. The van der Waals surface area contributed by atoms with E-state index in [0.717, 1.165) is 24.0 Å². The molecule has 1 aromatic rings. The molecule has 84 valence electrons. The van der Waals surface area contributed by atoms with Crippen molar-refractivity contribution >= 4 is 0 Å². The normalized spacial score (nSPS) is 10.5. The molecule has 0 aromatic heterocycles. The zero-order valence-corrected chi connectivity index (χ0v) is 10.4. The van der Waals surface area contributed by atoms with Crippen molar-refractivity contribution in [1.82, 2.24) is 0 Å². The summed E-state index contributed by atoms with van der Waals surface area (Å²) in [6.07, 6.45) is 3.13. The van der Waals surface area contributed by atoms with E-state index >= 15 is 0 Å². The maximum Gasteiger partial charge on any atom is 0.0967 e. The van der Waals surface area contributed by atoms with Gasteiger partial charge in [0.2, 0.25) is 0 Å². The highest BCUT2D eigenvalue weighted by molar-refractivity contribution is 5.14. The number of rotatable bonds is 5. The lowest BCUT2D eigenvalue weighted by atomic mass is 10.1. The zero-order chi connectivity index (χ0) is 10.4. The molecule has 2 heteroatoms. The Morgan fingerprint density at radius 3 is 2.33 bits per heavy atom. The Bertz CT molecular complexity index is 280. The Hall–Kier alpha value is -0.790. The van der Waals surface area contributed by atoms with Crippen molar-refractivity contribution < 1.29 is 16.9 Å². The van der Waals surface area contributed by atoms with Gasteiger partial charge < -0.3 is 16.9 Å². The highest BCUT2D eigenvalue weighted by Gasteiger charge is 2.11. The molecule has 0 fully saturated rings. The molecule has 1 rings (SSSR count). The van der Waals surface area contributed by atoms with Gasteiger partial charge in [0.25, 0.3) is 0 Å². The van der Waals surface area contributed by atoms with E-state index in [2.05, 4.69) is 51.0 Å². The molecule has 15 heavy (non-hydrogen) atoms. The van der Waals surface area contributed by atoms with Crippen molar-refractivity contribution in [1.29, 1.82) is 0 Å². The van der Waals surface area contributed by atoms with Crippen molar-refractivity contribution in [3.8, 4) is 0 Å². The second-order valence-corrected chi connectivity index (χ2v) is 4.37. The van der Waals surface area contributed by atoms with Crippen LogP contribution in [0.4, 0.5) is 0 Å². The molecule has 0 aliphatic rings. The van der Waals surface area contributed by atoms with Gasteiger partial charge in [0.15, 0.2) is 0 Å². The van der Waals surface area contributed by atoms with Crippen molar-refractivity contribution in [2.45, 2.75) is 6.42 Å². The summed E-state index contributed by atoms with van der Waals surface area (Å²) in [6, 6.07) is 10.6. The lowest BCUT2D eigenvalue weighted by Gasteiger charge is -2.28. The van der Waals surface area contributed by atoms with Gasteiger partial charge in [-0.05, 0) is 11.6 Å². The first-order chi connectivity index (χ1) is 6.64. The molecule has 0 saturated heterocycles. The zero-order valence-electron chi connectivity index (χ0n) is 9.62. The SMILES string of the molecule is C=CC[N+](C)(C)CCc1ccccc1.[Cl-]. The van der Waals surface area contributed by atoms with Crippen LogP contribution in [0.2, 0.25) is 0 Å². The molecule has 0 bridgehead atoms. The quantitative estimate of drug-likeness (QED) is 0.468. The Morgan fingerprint density at radius 1 is 1.20 bits per heavy atom. The van der Waals surface area contributed by atoms with Crippen LogP contribution in [-0.4, -0.2) is 31.7 Å². The Balaban J connectivity index is 0.00000196. The van der Waals surface area contributed by atoms with Gasteiger partial charge in [0, 0.05) is 6.42 Å². The van der Waals surface area contributed by atoms with Crippen molar-refractivity contribution in [3.63, 3.8) is 0 Å². The van der Waals surface area contributed by atoms with E-state index in [1.165, 1.54) is 5.56 Å². The van der Waals surface area contributed by atoms with Gasteiger partial charge in [-0.3, -0.25) is 0 Å². The minimum Gasteiger partial charge on any atom is -1.00 e. The van der Waals surface area contributed by atoms with E-state index in [1.807, 2.05) is 6.08 Å². The third-order valence-corrected chi connectivity index (χ3v) is 2.47. The highest BCUT2D eigenvalue weighted by Crippen LogP contribution is 2.04. The topological polar surface area (TPSA) is 0 Å². The van der Waals surface area contributed by atoms with Crippen LogP contribution >= 0.6 is 0 Å². The molecule has 0 heterocycles. The van der Waals surface area contributed by atoms with Gasteiger partial charge in [-0.25, -0.2) is 0 Å². The van der Waals surface area contributed by atoms with Gasteiger partial charge in [-0.1, -0.05) is 36.9 Å². The summed E-state index contributed by atoms with van der Waals surface area (Å²) in [7, 11) is 4.48. The second kappa shape index (κ2) is 6.65. The van der Waals surface area contributed by atoms with Gasteiger partial charge >= 0.3 is 0 Å². The highest BCUT2D eigenvalue weighted by atomic mass is 35.5. The summed E-state index contributed by atoms with van der Waals surface area (Å²) in [6.45, 7) is 5.98. The molecule has 0 atom stereocenters. The monoisotopic (exact) mass is 225 g/mol. The number of likely N-dealkylation sites (N-methyl/N-ethyl adjacent to an activating group) is 1. The molecule has 0 saturated carbocycles. The molecule has 1 aromatic carbocycles. The Labute approximate surface area is 99.4 Å². The van der Waals surface area contributed by atoms with Gasteiger partial charge in [-0.15, -0.1) is 0 Å². The molecular formula is C13H20ClN. The van der Waals surface area contributed by atoms with E-state index in [-0.39, 0.29) is 12.4 Å². The Kier molecular flexibility index (Phi) is 6.30. The predicted molar refractivity (Wildman–Crippen MR) is 62.2 cm³/mol. The fourth-order valence-corrected chi connectivity index (χ4v) is 1.52. The third kappa shape index (κ3) is 5.60. The Morgan fingerprint density at radius 2 is 1.80 bits per heavy atom. The average Bonchev–Trinajstić information content (AvgIpc) is 2.17. The summed E-state index contributed by atoms with van der Waals surface area (Å²) in [5.74, 6) is 0. The maximum atomic E-state index is 3.79. The van der Waals surface area contributed by atoms with Gasteiger partial charge in [0.1, 0.15) is 0 Å². The lowest BCUT2D eigenvalue weighted by Crippen LogP contribution is -3.00. The summed E-state index contributed by atoms with van der Waals surface area (Å²) in [4.78, 5) is 0. The molecule has 0 spiro atoms. The first-order valence-corrected chi connectivity index (χ1v) is 5.11. The van der Waals surface area contributed by atoms with Gasteiger partial charge in [-0.2, -0.15) is 0 Å². The molecule has 1 nitrogen and oxygen atoms in total. The number of nitrogens with zero attached hydrogens (tertiary/aromatic N) is 1. The van der Waals surface area contributed by atoms with E-state index in [9.17, 15) is 0 Å². The number of hydrogen-bond donors (Lipinski definition) is 0. The third-order valence-electron chi connectivity index (χ3n) is 2.47. The summed E-state index contributed by atoms with van der Waals surface area (Å²) in [5.41, 5.74) is 1.42. The van der Waals surface area contributed by atoms with E-state index in [4.69, 9.17) is 0 Å². The summed E-state index contributed by atoms with van der Waals surface area (Å²) in [5, 5.41) is 0. The molecule has 0 N–H and O–H groups in total. The number of quaternary nitrogens is 1. The molecule has 0 aliphatic heterocycles. The van der Waals surface area contributed by atoms with Crippen molar-refractivity contribution in [2.75, 3.05) is 27.2 Å². The summed E-state index contributed by atoms with van der Waals surface area (Å²) < 4.78 is 1.01. The van der Waals surface area contributed by atoms with Crippen LogP contribution in [0, 0.1) is 0 Å². The minimum absolute atomic E-state index is 0. The average molecular weight is 226 g/mol. The van der Waals surface area contributed by atoms with Crippen LogP contribution in [0.5, 0.6) is 0 Å². The molecule has 0 amide bonds. The van der Waals surface area contributed by atoms with Crippen LogP contribution in [0.15, 0.2) is 43.0 Å². The molecule has 0 radical (unpaired) electrons. The fraction of sp³-hybridized carbons (Fsp3) is 0.385. The standard InChI is InChI=1S/C13H20N.ClH/c1-4-11-14(2,3)12-10-13-8-6-5-7-9-13;/h4-9H,1,10-12H2,2-3H3;1H/q+1;/p-1. The fourth-order valence-electron chi connectivity index (χ4n) is 1.52. The molecule has 0 unspecified atom stereocenters. The smallest absolute Gasteiger partial charge is 0.0967 e. The van der Waals surface area contributed by atoms with E-state index < -0.39 is 0 Å². The van der Waals surface area contributed by atoms with Gasteiger partial charge in [0.05, 0.1) is 27.2 Å². The molecule has 0 aliphatic carbocycles.